The molecule has 0 spiro atoms. The van der Waals surface area contributed by atoms with Crippen LogP contribution in [0.4, 0.5) is 5.82 Å². The standard InChI is InChI=1S/C22H23ClN4O/c1-13-10-26-22-15(7-16(23)8-18(13)22)12-24-14(2)11-25-21-9-20(28)17-5-3-4-6-19(17)27-21/h3-10,14,24,26H,11-12H2,1-2H3,(H2,25,27,28). The Morgan fingerprint density at radius 1 is 1.14 bits per heavy atom. The first kappa shape index (κ1) is 18.6. The summed E-state index contributed by atoms with van der Waals surface area (Å²) in [6.45, 7) is 5.56. The van der Waals surface area contributed by atoms with Crippen molar-refractivity contribution in [1.29, 1.82) is 0 Å². The van der Waals surface area contributed by atoms with Crippen LogP contribution in [0.2, 0.25) is 5.02 Å². The molecule has 4 N–H and O–H groups in total. The van der Waals surface area contributed by atoms with E-state index in [1.54, 1.807) is 6.07 Å². The molecule has 0 aliphatic carbocycles. The van der Waals surface area contributed by atoms with Crippen LogP contribution in [0.5, 0.6) is 0 Å². The average molecular weight is 395 g/mol. The van der Waals surface area contributed by atoms with Crippen molar-refractivity contribution in [2.24, 2.45) is 0 Å². The van der Waals surface area contributed by atoms with E-state index >= 15 is 0 Å². The van der Waals surface area contributed by atoms with Gasteiger partial charge in [-0.2, -0.15) is 0 Å². The molecule has 0 aliphatic rings. The number of aromatic amines is 2. The first-order valence-electron chi connectivity index (χ1n) is 9.36. The molecule has 1 atom stereocenters. The number of hydrogen-bond acceptors (Lipinski definition) is 3. The minimum absolute atomic E-state index is 0.0147. The normalized spacial score (nSPS) is 12.5. The Morgan fingerprint density at radius 3 is 2.82 bits per heavy atom. The topological polar surface area (TPSA) is 72.7 Å². The van der Waals surface area contributed by atoms with E-state index in [0.29, 0.717) is 18.5 Å². The Labute approximate surface area is 168 Å². The molecule has 0 saturated heterocycles. The van der Waals surface area contributed by atoms with Crippen LogP contribution >= 0.6 is 11.6 Å². The number of hydrogen-bond donors (Lipinski definition) is 4. The van der Waals surface area contributed by atoms with Gasteiger partial charge in [0.1, 0.15) is 5.82 Å². The number of rotatable bonds is 6. The summed E-state index contributed by atoms with van der Waals surface area (Å²) in [5, 5.41) is 9.43. The van der Waals surface area contributed by atoms with Gasteiger partial charge in [0.05, 0.1) is 11.0 Å². The van der Waals surface area contributed by atoms with E-state index in [1.807, 2.05) is 42.6 Å². The maximum absolute atomic E-state index is 12.2. The number of aromatic nitrogens is 2. The highest BCUT2D eigenvalue weighted by Gasteiger charge is 2.09. The Balaban J connectivity index is 1.42. The van der Waals surface area contributed by atoms with Gasteiger partial charge in [0.25, 0.3) is 0 Å². The van der Waals surface area contributed by atoms with Crippen molar-refractivity contribution >= 4 is 39.2 Å². The van der Waals surface area contributed by atoms with E-state index in [2.05, 4.69) is 34.4 Å². The maximum Gasteiger partial charge on any atom is 0.191 e. The summed E-state index contributed by atoms with van der Waals surface area (Å²) in [5.41, 5.74) is 4.30. The van der Waals surface area contributed by atoms with Crippen molar-refractivity contribution in [1.82, 2.24) is 15.3 Å². The number of H-pyrrole nitrogens is 2. The maximum atomic E-state index is 12.2. The van der Waals surface area contributed by atoms with Crippen LogP contribution in [0.15, 0.2) is 53.5 Å². The van der Waals surface area contributed by atoms with Crippen LogP contribution < -0.4 is 16.1 Å². The van der Waals surface area contributed by atoms with Gasteiger partial charge in [0.15, 0.2) is 5.43 Å². The van der Waals surface area contributed by atoms with Gasteiger partial charge in [-0.05, 0) is 49.2 Å². The zero-order valence-corrected chi connectivity index (χ0v) is 16.7. The zero-order valence-electron chi connectivity index (χ0n) is 15.9. The van der Waals surface area contributed by atoms with E-state index < -0.39 is 0 Å². The number of nitrogens with one attached hydrogen (secondary N) is 4. The zero-order chi connectivity index (χ0) is 19.7. The van der Waals surface area contributed by atoms with Crippen LogP contribution in [0.3, 0.4) is 0 Å². The van der Waals surface area contributed by atoms with E-state index in [1.165, 1.54) is 5.56 Å². The predicted octanol–water partition coefficient (Wildman–Crippen LogP) is 4.56. The van der Waals surface area contributed by atoms with Gasteiger partial charge in [0.2, 0.25) is 0 Å². The summed E-state index contributed by atoms with van der Waals surface area (Å²) in [5.74, 6) is 0.725. The molecule has 0 saturated carbocycles. The summed E-state index contributed by atoms with van der Waals surface area (Å²) in [4.78, 5) is 18.8. The lowest BCUT2D eigenvalue weighted by atomic mass is 10.1. The van der Waals surface area contributed by atoms with E-state index in [9.17, 15) is 4.79 Å². The summed E-state index contributed by atoms with van der Waals surface area (Å²) >= 11 is 6.28. The van der Waals surface area contributed by atoms with Crippen LogP contribution in [-0.2, 0) is 6.54 Å². The highest BCUT2D eigenvalue weighted by atomic mass is 35.5. The van der Waals surface area contributed by atoms with Crippen molar-refractivity contribution in [2.45, 2.75) is 26.4 Å². The molecule has 0 radical (unpaired) electrons. The van der Waals surface area contributed by atoms with Crippen molar-refractivity contribution in [2.75, 3.05) is 11.9 Å². The monoisotopic (exact) mass is 394 g/mol. The van der Waals surface area contributed by atoms with Gasteiger partial charge in [-0.15, -0.1) is 0 Å². The molecule has 2 aromatic heterocycles. The molecule has 4 aromatic rings. The molecule has 0 bridgehead atoms. The van der Waals surface area contributed by atoms with Crippen LogP contribution in [0.1, 0.15) is 18.1 Å². The fourth-order valence-corrected chi connectivity index (χ4v) is 3.69. The molecule has 1 unspecified atom stereocenters. The summed E-state index contributed by atoms with van der Waals surface area (Å²) in [6.07, 6.45) is 2.01. The van der Waals surface area contributed by atoms with Gasteiger partial charge in [-0.1, -0.05) is 23.7 Å². The molecule has 6 heteroatoms. The average Bonchev–Trinajstić information content (AvgIpc) is 3.05. The molecule has 28 heavy (non-hydrogen) atoms. The molecular formula is C22H23ClN4O. The molecule has 4 rings (SSSR count). The van der Waals surface area contributed by atoms with Crippen LogP contribution in [0, 0.1) is 6.92 Å². The van der Waals surface area contributed by atoms with Gasteiger partial charge in [0, 0.05) is 47.2 Å². The van der Waals surface area contributed by atoms with Gasteiger partial charge in [-0.3, -0.25) is 4.79 Å². The number of fused-ring (bicyclic) bond motifs is 2. The number of halogens is 1. The number of anilines is 1. The van der Waals surface area contributed by atoms with Crippen molar-refractivity contribution < 1.29 is 0 Å². The molecule has 2 heterocycles. The van der Waals surface area contributed by atoms with E-state index in [4.69, 9.17) is 11.6 Å². The highest BCUT2D eigenvalue weighted by Crippen LogP contribution is 2.26. The van der Waals surface area contributed by atoms with Gasteiger partial charge < -0.3 is 20.6 Å². The smallest absolute Gasteiger partial charge is 0.191 e. The van der Waals surface area contributed by atoms with E-state index in [-0.39, 0.29) is 11.5 Å². The molecule has 144 valence electrons. The van der Waals surface area contributed by atoms with Gasteiger partial charge >= 0.3 is 0 Å². The third kappa shape index (κ3) is 3.77. The first-order valence-corrected chi connectivity index (χ1v) is 9.74. The number of para-hydroxylation sites is 1. The number of benzene rings is 2. The third-order valence-corrected chi connectivity index (χ3v) is 5.24. The third-order valence-electron chi connectivity index (χ3n) is 5.02. The summed E-state index contributed by atoms with van der Waals surface area (Å²) in [7, 11) is 0. The second kappa shape index (κ2) is 7.70. The minimum atomic E-state index is 0.0147. The fourth-order valence-electron chi connectivity index (χ4n) is 3.45. The molecule has 0 amide bonds. The van der Waals surface area contributed by atoms with Crippen molar-refractivity contribution in [3.05, 3.63) is 75.0 Å². The lowest BCUT2D eigenvalue weighted by Gasteiger charge is -2.16. The number of pyridine rings is 1. The quantitative estimate of drug-likeness (QED) is 0.387. The SMILES string of the molecule is Cc1c[nH]c2c(CNC(C)CNc3cc(=O)c4ccccc4[nH]3)cc(Cl)cc12. The molecular weight excluding hydrogens is 372 g/mol. The van der Waals surface area contributed by atoms with Crippen molar-refractivity contribution in [3.8, 4) is 0 Å². The van der Waals surface area contributed by atoms with Crippen LogP contribution in [0.25, 0.3) is 21.8 Å². The minimum Gasteiger partial charge on any atom is -0.370 e. The summed E-state index contributed by atoms with van der Waals surface area (Å²) < 4.78 is 0. The molecule has 5 nitrogen and oxygen atoms in total. The Morgan fingerprint density at radius 2 is 1.96 bits per heavy atom. The Bertz CT molecular complexity index is 1190. The summed E-state index contributed by atoms with van der Waals surface area (Å²) in [6, 6.07) is 13.3. The predicted molar refractivity (Wildman–Crippen MR) is 117 cm³/mol. The number of aryl methyl sites for hydroxylation is 1. The van der Waals surface area contributed by atoms with E-state index in [0.717, 1.165) is 32.8 Å². The van der Waals surface area contributed by atoms with Gasteiger partial charge in [-0.25, -0.2) is 0 Å². The second-order valence-electron chi connectivity index (χ2n) is 7.21. The molecule has 0 aliphatic heterocycles. The lowest BCUT2D eigenvalue weighted by molar-refractivity contribution is 0.569. The molecule has 2 aromatic carbocycles. The van der Waals surface area contributed by atoms with Crippen molar-refractivity contribution in [3.63, 3.8) is 0 Å². The first-order chi connectivity index (χ1) is 13.5. The highest BCUT2D eigenvalue weighted by molar-refractivity contribution is 6.31. The van der Waals surface area contributed by atoms with Crippen LogP contribution in [-0.4, -0.2) is 22.6 Å². The second-order valence-corrected chi connectivity index (χ2v) is 7.65. The Hall–Kier alpha value is -2.76. The lowest BCUT2D eigenvalue weighted by Crippen LogP contribution is -2.32. The fraction of sp³-hybridized carbons (Fsp3) is 0.227. The molecule has 0 fully saturated rings. The largest absolute Gasteiger partial charge is 0.370 e. The Kier molecular flexibility index (Phi) is 5.11.